The summed E-state index contributed by atoms with van der Waals surface area (Å²) in [6.45, 7) is 7.07. The van der Waals surface area contributed by atoms with E-state index in [-0.39, 0.29) is 5.41 Å². The van der Waals surface area contributed by atoms with Crippen LogP contribution in [0.15, 0.2) is 30.5 Å². The van der Waals surface area contributed by atoms with Crippen LogP contribution in [0.5, 0.6) is 0 Å². The van der Waals surface area contributed by atoms with Crippen LogP contribution in [0.2, 0.25) is 0 Å². The van der Waals surface area contributed by atoms with Crippen molar-refractivity contribution in [3.63, 3.8) is 0 Å². The number of hydrogen-bond donors (Lipinski definition) is 0. The fourth-order valence-corrected chi connectivity index (χ4v) is 6.68. The Kier molecular flexibility index (Phi) is 5.29. The minimum absolute atomic E-state index is 0.333. The van der Waals surface area contributed by atoms with Crippen LogP contribution in [0.4, 0.5) is 5.82 Å². The summed E-state index contributed by atoms with van der Waals surface area (Å²) in [7, 11) is 1.67. The Bertz CT molecular complexity index is 1380. The SMILES string of the molecule is COCc1nc(N2CCN(C3COC3)C(C)C2)cc(-n2ncc3ccc(C4(C#N)CC5(CC5)C4)cc32)n1. The molecular weight excluding hydrogens is 466 g/mol. The minimum Gasteiger partial charge on any atom is -0.378 e. The summed E-state index contributed by atoms with van der Waals surface area (Å²) in [4.78, 5) is 14.6. The van der Waals surface area contributed by atoms with E-state index in [1.54, 1.807) is 7.11 Å². The molecule has 2 aliphatic heterocycles. The summed E-state index contributed by atoms with van der Waals surface area (Å²) in [5.41, 5.74) is 2.13. The van der Waals surface area contributed by atoms with Gasteiger partial charge in [0.25, 0.3) is 0 Å². The smallest absolute Gasteiger partial charge is 0.159 e. The molecule has 37 heavy (non-hydrogen) atoms. The van der Waals surface area contributed by atoms with E-state index in [1.807, 2.05) is 16.9 Å². The van der Waals surface area contributed by atoms with Gasteiger partial charge in [0.2, 0.25) is 0 Å². The molecule has 192 valence electrons. The molecule has 2 aliphatic carbocycles. The first-order valence-electron chi connectivity index (χ1n) is 13.4. The number of nitrogens with zero attached hydrogens (tertiary/aromatic N) is 7. The lowest BCUT2D eigenvalue weighted by molar-refractivity contribution is -0.0793. The molecule has 1 atom stereocenters. The van der Waals surface area contributed by atoms with Crippen molar-refractivity contribution in [3.05, 3.63) is 41.9 Å². The number of fused-ring (bicyclic) bond motifs is 1. The van der Waals surface area contributed by atoms with Gasteiger partial charge in [-0.1, -0.05) is 12.1 Å². The van der Waals surface area contributed by atoms with Crippen molar-refractivity contribution >= 4 is 16.7 Å². The van der Waals surface area contributed by atoms with Crippen molar-refractivity contribution in [1.29, 1.82) is 5.26 Å². The van der Waals surface area contributed by atoms with Crippen LogP contribution in [0.3, 0.4) is 0 Å². The lowest BCUT2D eigenvalue weighted by Crippen LogP contribution is -2.60. The van der Waals surface area contributed by atoms with E-state index in [4.69, 9.17) is 24.5 Å². The Morgan fingerprint density at radius 3 is 2.62 bits per heavy atom. The number of anilines is 1. The molecule has 4 fully saturated rings. The van der Waals surface area contributed by atoms with Crippen LogP contribution in [0.1, 0.15) is 44.0 Å². The summed E-state index contributed by atoms with van der Waals surface area (Å²) < 4.78 is 12.7. The average molecular weight is 500 g/mol. The zero-order chi connectivity index (χ0) is 25.2. The highest BCUT2D eigenvalue weighted by Crippen LogP contribution is 2.68. The summed E-state index contributed by atoms with van der Waals surface area (Å²) >= 11 is 0. The second kappa shape index (κ2) is 8.48. The summed E-state index contributed by atoms with van der Waals surface area (Å²) in [5.74, 6) is 2.27. The Balaban J connectivity index is 1.23. The third-order valence-corrected chi connectivity index (χ3v) is 8.98. The number of piperazine rings is 1. The molecule has 1 spiro atoms. The van der Waals surface area contributed by atoms with Crippen LogP contribution >= 0.6 is 0 Å². The molecule has 4 aliphatic rings. The summed E-state index contributed by atoms with van der Waals surface area (Å²) in [5, 5.41) is 15.9. The third kappa shape index (κ3) is 3.81. The molecule has 2 aromatic heterocycles. The zero-order valence-corrected chi connectivity index (χ0v) is 21.6. The Morgan fingerprint density at radius 1 is 1.14 bits per heavy atom. The maximum atomic E-state index is 10.1. The number of rotatable bonds is 6. The molecule has 7 rings (SSSR count). The van der Waals surface area contributed by atoms with Gasteiger partial charge in [0.1, 0.15) is 12.4 Å². The highest BCUT2D eigenvalue weighted by molar-refractivity contribution is 5.81. The number of hydrogen-bond acceptors (Lipinski definition) is 8. The van der Waals surface area contributed by atoms with Crippen molar-refractivity contribution in [2.24, 2.45) is 5.41 Å². The van der Waals surface area contributed by atoms with Gasteiger partial charge in [-0.3, -0.25) is 4.90 Å². The molecular formula is C28H33N7O2. The fourth-order valence-electron chi connectivity index (χ4n) is 6.68. The predicted octanol–water partition coefficient (Wildman–Crippen LogP) is 3.21. The maximum Gasteiger partial charge on any atom is 0.159 e. The number of ether oxygens (including phenoxy) is 2. The highest BCUT2D eigenvalue weighted by Gasteiger charge is 2.62. The van der Waals surface area contributed by atoms with Gasteiger partial charge in [-0.2, -0.15) is 10.4 Å². The molecule has 1 unspecified atom stereocenters. The van der Waals surface area contributed by atoms with E-state index in [2.05, 4.69) is 41.0 Å². The maximum absolute atomic E-state index is 10.1. The molecule has 0 bridgehead atoms. The molecule has 0 radical (unpaired) electrons. The second-order valence-electron chi connectivity index (χ2n) is 11.5. The van der Waals surface area contributed by atoms with Gasteiger partial charge >= 0.3 is 0 Å². The van der Waals surface area contributed by atoms with Crippen LogP contribution in [-0.2, 0) is 21.5 Å². The lowest BCUT2D eigenvalue weighted by Gasteiger charge is -2.46. The van der Waals surface area contributed by atoms with Gasteiger partial charge in [-0.25, -0.2) is 14.6 Å². The molecule has 0 N–H and O–H groups in total. The molecule has 1 aromatic carbocycles. The molecule has 9 nitrogen and oxygen atoms in total. The molecule has 2 saturated carbocycles. The van der Waals surface area contributed by atoms with E-state index in [9.17, 15) is 5.26 Å². The lowest BCUT2D eigenvalue weighted by atomic mass is 9.57. The summed E-state index contributed by atoms with van der Waals surface area (Å²) in [6.07, 6.45) is 6.36. The van der Waals surface area contributed by atoms with Gasteiger partial charge in [0.05, 0.1) is 42.5 Å². The van der Waals surface area contributed by atoms with Crippen LogP contribution in [0.25, 0.3) is 16.7 Å². The van der Waals surface area contributed by atoms with E-state index < -0.39 is 0 Å². The third-order valence-electron chi connectivity index (χ3n) is 8.98. The van der Waals surface area contributed by atoms with Gasteiger partial charge in [-0.15, -0.1) is 0 Å². The van der Waals surface area contributed by atoms with Crippen molar-refractivity contribution in [2.45, 2.75) is 56.7 Å². The number of benzene rings is 1. The van der Waals surface area contributed by atoms with E-state index >= 15 is 0 Å². The van der Waals surface area contributed by atoms with Gasteiger partial charge in [0.15, 0.2) is 11.6 Å². The Morgan fingerprint density at radius 2 is 1.95 bits per heavy atom. The van der Waals surface area contributed by atoms with E-state index in [1.165, 1.54) is 12.8 Å². The molecule has 9 heteroatoms. The van der Waals surface area contributed by atoms with Gasteiger partial charge < -0.3 is 14.4 Å². The molecule has 0 amide bonds. The normalized spacial score (nSPS) is 24.6. The van der Waals surface area contributed by atoms with Gasteiger partial charge in [0, 0.05) is 44.2 Å². The molecule has 4 heterocycles. The van der Waals surface area contributed by atoms with Gasteiger partial charge in [-0.05, 0) is 49.7 Å². The molecule has 2 saturated heterocycles. The number of aromatic nitrogens is 4. The fraction of sp³-hybridized carbons (Fsp3) is 0.571. The largest absolute Gasteiger partial charge is 0.378 e. The van der Waals surface area contributed by atoms with Crippen molar-refractivity contribution < 1.29 is 9.47 Å². The first kappa shape index (κ1) is 23.1. The number of nitriles is 1. The zero-order valence-electron chi connectivity index (χ0n) is 21.6. The second-order valence-corrected chi connectivity index (χ2v) is 11.5. The van der Waals surface area contributed by atoms with Crippen molar-refractivity contribution in [3.8, 4) is 11.9 Å². The van der Waals surface area contributed by atoms with Crippen LogP contribution in [-0.4, -0.2) is 76.7 Å². The van der Waals surface area contributed by atoms with E-state index in [0.717, 1.165) is 73.8 Å². The topological polar surface area (TPSA) is 92.3 Å². The van der Waals surface area contributed by atoms with E-state index in [0.29, 0.717) is 29.9 Å². The Labute approximate surface area is 217 Å². The first-order chi connectivity index (χ1) is 18.0. The quantitative estimate of drug-likeness (QED) is 0.511. The molecule has 3 aromatic rings. The Hall–Kier alpha value is -3.06. The van der Waals surface area contributed by atoms with Crippen LogP contribution < -0.4 is 4.90 Å². The number of methoxy groups -OCH3 is 1. The van der Waals surface area contributed by atoms with Crippen molar-refractivity contribution in [2.75, 3.05) is 44.9 Å². The summed E-state index contributed by atoms with van der Waals surface area (Å²) in [6, 6.07) is 12.0. The average Bonchev–Trinajstić information content (AvgIpc) is 3.53. The van der Waals surface area contributed by atoms with Crippen LogP contribution in [0, 0.1) is 16.7 Å². The highest BCUT2D eigenvalue weighted by atomic mass is 16.5. The monoisotopic (exact) mass is 499 g/mol. The van der Waals surface area contributed by atoms with Crippen molar-refractivity contribution in [1.82, 2.24) is 24.6 Å². The first-order valence-corrected chi connectivity index (χ1v) is 13.4. The predicted molar refractivity (Wildman–Crippen MR) is 139 cm³/mol. The minimum atomic E-state index is -0.376. The standard InChI is InChI=1S/C28H33N7O2/c1-19-12-33(7-8-34(19)22-13-37-14-22)25-10-26(32-24(31-25)15-36-2)35-23-9-21(4-3-20(23)11-30-35)28(18-29)16-27(17-28)5-6-27/h3-4,9-11,19,22H,5-8,12-17H2,1-2H3.